The SMILES string of the molecule is COCCNC(=O)C1CCCN1C(=O)c1csc(Nc2ccc(F)cc2)n1. The summed E-state index contributed by atoms with van der Waals surface area (Å²) >= 11 is 1.28. The highest BCUT2D eigenvalue weighted by Gasteiger charge is 2.35. The van der Waals surface area contributed by atoms with Crippen LogP contribution in [0.3, 0.4) is 0 Å². The molecule has 1 aromatic carbocycles. The van der Waals surface area contributed by atoms with Crippen LogP contribution in [-0.4, -0.2) is 54.5 Å². The highest BCUT2D eigenvalue weighted by molar-refractivity contribution is 7.14. The number of hydrogen-bond acceptors (Lipinski definition) is 6. The number of anilines is 2. The molecule has 2 heterocycles. The van der Waals surface area contributed by atoms with E-state index in [1.165, 1.54) is 23.5 Å². The average Bonchev–Trinajstić information content (AvgIpc) is 3.33. The standard InChI is InChI=1S/C18H21FN4O3S/c1-26-10-8-20-16(24)15-3-2-9-23(15)17(25)14-11-27-18(22-14)21-13-6-4-12(19)5-7-13/h4-7,11,15H,2-3,8-10H2,1H3,(H,20,24)(H,21,22). The zero-order valence-corrected chi connectivity index (χ0v) is 15.7. The van der Waals surface area contributed by atoms with E-state index < -0.39 is 6.04 Å². The van der Waals surface area contributed by atoms with Gasteiger partial charge in [-0.15, -0.1) is 11.3 Å². The molecule has 7 nitrogen and oxygen atoms in total. The molecule has 0 bridgehead atoms. The second-order valence-electron chi connectivity index (χ2n) is 6.11. The molecule has 2 aromatic rings. The first kappa shape index (κ1) is 19.2. The van der Waals surface area contributed by atoms with Crippen molar-refractivity contribution in [3.63, 3.8) is 0 Å². The predicted octanol–water partition coefficient (Wildman–Crippen LogP) is 2.39. The highest BCUT2D eigenvalue weighted by atomic mass is 32.1. The highest BCUT2D eigenvalue weighted by Crippen LogP contribution is 2.25. The maximum Gasteiger partial charge on any atom is 0.274 e. The Hall–Kier alpha value is -2.52. The van der Waals surface area contributed by atoms with Gasteiger partial charge in [0.2, 0.25) is 5.91 Å². The van der Waals surface area contributed by atoms with Gasteiger partial charge in [0.25, 0.3) is 5.91 Å². The molecule has 1 fully saturated rings. The van der Waals surface area contributed by atoms with Crippen LogP contribution in [0.25, 0.3) is 0 Å². The van der Waals surface area contributed by atoms with E-state index in [2.05, 4.69) is 15.6 Å². The van der Waals surface area contributed by atoms with Gasteiger partial charge in [-0.1, -0.05) is 0 Å². The van der Waals surface area contributed by atoms with Gasteiger partial charge in [-0.2, -0.15) is 0 Å². The lowest BCUT2D eigenvalue weighted by atomic mass is 10.2. The monoisotopic (exact) mass is 392 g/mol. The van der Waals surface area contributed by atoms with E-state index in [1.54, 1.807) is 29.5 Å². The van der Waals surface area contributed by atoms with Crippen LogP contribution in [0.15, 0.2) is 29.6 Å². The number of aromatic nitrogens is 1. The molecule has 1 atom stereocenters. The first-order valence-corrected chi connectivity index (χ1v) is 9.52. The molecular weight excluding hydrogens is 371 g/mol. The predicted molar refractivity (Wildman–Crippen MR) is 101 cm³/mol. The van der Waals surface area contributed by atoms with E-state index in [1.807, 2.05) is 0 Å². The fraction of sp³-hybridized carbons (Fsp3) is 0.389. The van der Waals surface area contributed by atoms with Gasteiger partial charge in [0, 0.05) is 31.3 Å². The van der Waals surface area contributed by atoms with E-state index in [0.717, 1.165) is 6.42 Å². The lowest BCUT2D eigenvalue weighted by Gasteiger charge is -2.23. The van der Waals surface area contributed by atoms with Crippen molar-refractivity contribution >= 4 is 34.0 Å². The summed E-state index contributed by atoms with van der Waals surface area (Å²) < 4.78 is 17.9. The van der Waals surface area contributed by atoms with E-state index >= 15 is 0 Å². The molecular formula is C18H21FN4O3S. The van der Waals surface area contributed by atoms with Gasteiger partial charge in [0.05, 0.1) is 6.61 Å². The van der Waals surface area contributed by atoms with Gasteiger partial charge in [0.15, 0.2) is 5.13 Å². The molecule has 144 valence electrons. The molecule has 27 heavy (non-hydrogen) atoms. The van der Waals surface area contributed by atoms with Gasteiger partial charge in [-0.25, -0.2) is 9.37 Å². The summed E-state index contributed by atoms with van der Waals surface area (Å²) in [5, 5.41) is 8.02. The Balaban J connectivity index is 1.63. The third-order valence-electron chi connectivity index (χ3n) is 4.24. The summed E-state index contributed by atoms with van der Waals surface area (Å²) in [5.74, 6) is -0.750. The zero-order chi connectivity index (χ0) is 19.2. The third-order valence-corrected chi connectivity index (χ3v) is 5.00. The minimum Gasteiger partial charge on any atom is -0.383 e. The molecule has 0 saturated carbocycles. The number of ether oxygens (including phenoxy) is 1. The number of carbonyl (C=O) groups excluding carboxylic acids is 2. The van der Waals surface area contributed by atoms with E-state index in [0.29, 0.717) is 42.6 Å². The van der Waals surface area contributed by atoms with Crippen LogP contribution in [0.1, 0.15) is 23.3 Å². The molecule has 1 saturated heterocycles. The van der Waals surface area contributed by atoms with Crippen LogP contribution in [0, 0.1) is 5.82 Å². The molecule has 2 N–H and O–H groups in total. The fourth-order valence-electron chi connectivity index (χ4n) is 2.91. The summed E-state index contributed by atoms with van der Waals surface area (Å²) in [6.45, 7) is 1.37. The van der Waals surface area contributed by atoms with Gasteiger partial charge < -0.3 is 20.3 Å². The summed E-state index contributed by atoms with van der Waals surface area (Å²) in [7, 11) is 1.57. The lowest BCUT2D eigenvalue weighted by Crippen LogP contribution is -2.46. The number of methoxy groups -OCH3 is 1. The summed E-state index contributed by atoms with van der Waals surface area (Å²) in [4.78, 5) is 31.0. The molecule has 0 aliphatic carbocycles. The number of likely N-dealkylation sites (tertiary alicyclic amines) is 1. The van der Waals surface area contributed by atoms with Crippen molar-refractivity contribution in [1.82, 2.24) is 15.2 Å². The number of benzene rings is 1. The molecule has 1 unspecified atom stereocenters. The Morgan fingerprint density at radius 2 is 2.15 bits per heavy atom. The summed E-state index contributed by atoms with van der Waals surface area (Å²) in [5.41, 5.74) is 0.975. The van der Waals surface area contributed by atoms with Crippen molar-refractivity contribution in [1.29, 1.82) is 0 Å². The maximum absolute atomic E-state index is 13.0. The topological polar surface area (TPSA) is 83.6 Å². The third kappa shape index (κ3) is 4.81. The minimum absolute atomic E-state index is 0.169. The Kier molecular flexibility index (Phi) is 6.36. The Bertz CT molecular complexity index is 796. The molecule has 1 aliphatic heterocycles. The second-order valence-corrected chi connectivity index (χ2v) is 6.97. The van der Waals surface area contributed by atoms with Crippen molar-refractivity contribution in [3.8, 4) is 0 Å². The largest absolute Gasteiger partial charge is 0.383 e. The van der Waals surface area contributed by atoms with Crippen LogP contribution >= 0.6 is 11.3 Å². The number of hydrogen-bond donors (Lipinski definition) is 2. The lowest BCUT2D eigenvalue weighted by molar-refractivity contribution is -0.125. The average molecular weight is 392 g/mol. The van der Waals surface area contributed by atoms with Crippen LogP contribution < -0.4 is 10.6 Å². The smallest absolute Gasteiger partial charge is 0.274 e. The molecule has 2 amide bonds. The number of halogens is 1. The summed E-state index contributed by atoms with van der Waals surface area (Å²) in [6.07, 6.45) is 1.41. The van der Waals surface area contributed by atoms with Crippen LogP contribution in [0.4, 0.5) is 15.2 Å². The Morgan fingerprint density at radius 1 is 1.37 bits per heavy atom. The quantitative estimate of drug-likeness (QED) is 0.707. The Labute approximate surface area is 160 Å². The van der Waals surface area contributed by atoms with Crippen molar-refractivity contribution in [2.45, 2.75) is 18.9 Å². The van der Waals surface area contributed by atoms with E-state index in [-0.39, 0.29) is 17.6 Å². The minimum atomic E-state index is -0.482. The molecule has 3 rings (SSSR count). The molecule has 0 spiro atoms. The second kappa shape index (κ2) is 8.92. The van der Waals surface area contributed by atoms with Crippen molar-refractivity contribution in [2.24, 2.45) is 0 Å². The van der Waals surface area contributed by atoms with Gasteiger partial charge in [-0.05, 0) is 37.1 Å². The number of nitrogens with one attached hydrogen (secondary N) is 2. The van der Waals surface area contributed by atoms with Gasteiger partial charge in [0.1, 0.15) is 17.6 Å². The normalized spacial score (nSPS) is 16.4. The molecule has 0 radical (unpaired) electrons. The molecule has 9 heteroatoms. The molecule has 1 aromatic heterocycles. The van der Waals surface area contributed by atoms with Crippen LogP contribution in [0.5, 0.6) is 0 Å². The van der Waals surface area contributed by atoms with Crippen molar-refractivity contribution < 1.29 is 18.7 Å². The first-order valence-electron chi connectivity index (χ1n) is 8.64. The van der Waals surface area contributed by atoms with Gasteiger partial charge in [-0.3, -0.25) is 9.59 Å². The van der Waals surface area contributed by atoms with E-state index in [4.69, 9.17) is 4.74 Å². The van der Waals surface area contributed by atoms with Crippen molar-refractivity contribution in [2.75, 3.05) is 32.1 Å². The van der Waals surface area contributed by atoms with E-state index in [9.17, 15) is 14.0 Å². The van der Waals surface area contributed by atoms with Crippen LogP contribution in [0.2, 0.25) is 0 Å². The summed E-state index contributed by atoms with van der Waals surface area (Å²) in [6, 6.07) is 5.40. The first-order chi connectivity index (χ1) is 13.1. The number of rotatable bonds is 7. The van der Waals surface area contributed by atoms with Gasteiger partial charge >= 0.3 is 0 Å². The number of amides is 2. The number of carbonyl (C=O) groups is 2. The molecule has 1 aliphatic rings. The fourth-order valence-corrected chi connectivity index (χ4v) is 3.61. The number of thiazole rings is 1. The Morgan fingerprint density at radius 3 is 2.89 bits per heavy atom. The van der Waals surface area contributed by atoms with Crippen molar-refractivity contribution in [3.05, 3.63) is 41.2 Å². The number of nitrogens with zero attached hydrogens (tertiary/aromatic N) is 2. The zero-order valence-electron chi connectivity index (χ0n) is 14.9. The van der Waals surface area contributed by atoms with Crippen LogP contribution in [-0.2, 0) is 9.53 Å². The maximum atomic E-state index is 13.0.